The van der Waals surface area contributed by atoms with Gasteiger partial charge in [-0.05, 0) is 40.2 Å². The van der Waals surface area contributed by atoms with Crippen molar-refractivity contribution in [2.24, 2.45) is 5.92 Å². The van der Waals surface area contributed by atoms with Crippen LogP contribution in [-0.4, -0.2) is 55.1 Å². The minimum Gasteiger partial charge on any atom is -0.466 e. The molecule has 1 aliphatic rings. The van der Waals surface area contributed by atoms with E-state index < -0.39 is 12.1 Å². The smallest absolute Gasteiger partial charge is 0.321 e. The summed E-state index contributed by atoms with van der Waals surface area (Å²) in [4.78, 5) is 37.1. The minimum absolute atomic E-state index is 0.196. The molecule has 0 aromatic rings. The zero-order valence-corrected chi connectivity index (χ0v) is 13.0. The summed E-state index contributed by atoms with van der Waals surface area (Å²) in [5.74, 6) is -0.762. The van der Waals surface area contributed by atoms with Gasteiger partial charge in [0.1, 0.15) is 0 Å². The van der Waals surface area contributed by atoms with Gasteiger partial charge in [0.15, 0.2) is 0 Å². The van der Waals surface area contributed by atoms with Gasteiger partial charge in [-0.2, -0.15) is 0 Å². The number of nitrogens with one attached hydrogen (secondary N) is 2. The minimum atomic E-state index is -0.492. The zero-order valence-electron chi connectivity index (χ0n) is 13.0. The van der Waals surface area contributed by atoms with Crippen LogP contribution in [-0.2, 0) is 14.3 Å². The average molecular weight is 299 g/mol. The maximum atomic E-state index is 12.0. The molecule has 7 heteroatoms. The van der Waals surface area contributed by atoms with Crippen LogP contribution in [0.2, 0.25) is 0 Å². The van der Waals surface area contributed by atoms with Gasteiger partial charge in [-0.25, -0.2) is 4.79 Å². The lowest BCUT2D eigenvalue weighted by Crippen LogP contribution is -2.52. The summed E-state index contributed by atoms with van der Waals surface area (Å²) in [6.07, 6.45) is 1.61. The molecule has 3 amide bonds. The molecule has 0 saturated carbocycles. The number of rotatable bonds is 5. The van der Waals surface area contributed by atoms with Crippen LogP contribution in [0.25, 0.3) is 0 Å². The standard InChI is InChI=1S/C14H25N3O4/c1-4-15-14(20)16-12(18)10(3)17-8-6-7-11(9-17)13(19)21-5-2/h10-11H,4-9H2,1-3H3,(H2,15,16,18,20)/t10?,11-/m0/s1. The first kappa shape index (κ1) is 17.4. The average Bonchev–Trinajstić information content (AvgIpc) is 2.47. The molecule has 1 fully saturated rings. The van der Waals surface area contributed by atoms with Gasteiger partial charge in [-0.1, -0.05) is 0 Å². The van der Waals surface area contributed by atoms with Gasteiger partial charge >= 0.3 is 12.0 Å². The predicted octanol–water partition coefficient (Wildman–Crippen LogP) is 0.496. The van der Waals surface area contributed by atoms with Crippen molar-refractivity contribution >= 4 is 17.9 Å². The van der Waals surface area contributed by atoms with Crippen molar-refractivity contribution in [1.82, 2.24) is 15.5 Å². The molecule has 0 spiro atoms. The highest BCUT2D eigenvalue weighted by Gasteiger charge is 2.31. The first-order valence-corrected chi connectivity index (χ1v) is 7.48. The number of hydrogen-bond acceptors (Lipinski definition) is 5. The fraction of sp³-hybridized carbons (Fsp3) is 0.786. The summed E-state index contributed by atoms with van der Waals surface area (Å²) < 4.78 is 5.04. The van der Waals surface area contributed by atoms with Gasteiger partial charge in [-0.3, -0.25) is 19.8 Å². The Bertz CT molecular complexity index is 386. The second kappa shape index (κ2) is 8.61. The zero-order chi connectivity index (χ0) is 15.8. The molecule has 1 aliphatic heterocycles. The largest absolute Gasteiger partial charge is 0.466 e. The van der Waals surface area contributed by atoms with Gasteiger partial charge in [-0.15, -0.1) is 0 Å². The van der Waals surface area contributed by atoms with Crippen LogP contribution < -0.4 is 10.6 Å². The number of piperidine rings is 1. The Hall–Kier alpha value is -1.63. The predicted molar refractivity (Wildman–Crippen MR) is 77.6 cm³/mol. The molecule has 0 aliphatic carbocycles. The van der Waals surface area contributed by atoms with Crippen LogP contribution in [0.5, 0.6) is 0 Å². The molecule has 2 atom stereocenters. The molecule has 7 nitrogen and oxygen atoms in total. The lowest BCUT2D eigenvalue weighted by molar-refractivity contribution is -0.151. The van der Waals surface area contributed by atoms with Crippen LogP contribution in [0.4, 0.5) is 4.79 Å². The third-order valence-corrected chi connectivity index (χ3v) is 3.57. The number of hydrogen-bond donors (Lipinski definition) is 2. The molecule has 0 aromatic carbocycles. The van der Waals surface area contributed by atoms with E-state index in [9.17, 15) is 14.4 Å². The number of imide groups is 1. The SMILES string of the molecule is CCNC(=O)NC(=O)C(C)N1CCC[C@H](C(=O)OCC)C1. The summed E-state index contributed by atoms with van der Waals surface area (Å²) in [5.41, 5.74) is 0. The van der Waals surface area contributed by atoms with E-state index in [4.69, 9.17) is 4.74 Å². The van der Waals surface area contributed by atoms with E-state index in [-0.39, 0.29) is 17.8 Å². The van der Waals surface area contributed by atoms with Gasteiger partial charge in [0, 0.05) is 13.1 Å². The Morgan fingerprint density at radius 3 is 2.67 bits per heavy atom. The fourth-order valence-electron chi connectivity index (χ4n) is 2.40. The van der Waals surface area contributed by atoms with E-state index in [2.05, 4.69) is 10.6 Å². The van der Waals surface area contributed by atoms with Gasteiger partial charge in [0.05, 0.1) is 18.6 Å². The molecule has 120 valence electrons. The molecule has 0 bridgehead atoms. The van der Waals surface area contributed by atoms with Crippen molar-refractivity contribution < 1.29 is 19.1 Å². The summed E-state index contributed by atoms with van der Waals surface area (Å²) in [6, 6.07) is -0.946. The Morgan fingerprint density at radius 2 is 2.05 bits per heavy atom. The van der Waals surface area contributed by atoms with E-state index in [1.54, 1.807) is 20.8 Å². The van der Waals surface area contributed by atoms with Crippen molar-refractivity contribution in [3.8, 4) is 0 Å². The summed E-state index contributed by atoms with van der Waals surface area (Å²) in [5, 5.41) is 4.81. The maximum absolute atomic E-state index is 12.0. The second-order valence-electron chi connectivity index (χ2n) is 5.11. The highest BCUT2D eigenvalue weighted by molar-refractivity contribution is 5.96. The monoisotopic (exact) mass is 299 g/mol. The fourth-order valence-corrected chi connectivity index (χ4v) is 2.40. The third kappa shape index (κ3) is 5.34. The Kier molecular flexibility index (Phi) is 7.14. The first-order chi connectivity index (χ1) is 9.99. The number of urea groups is 1. The number of esters is 1. The number of ether oxygens (including phenoxy) is 1. The van der Waals surface area contributed by atoms with Crippen LogP contribution in [0.1, 0.15) is 33.6 Å². The van der Waals surface area contributed by atoms with E-state index in [1.807, 2.05) is 4.90 Å². The third-order valence-electron chi connectivity index (χ3n) is 3.57. The molecule has 1 saturated heterocycles. The van der Waals surface area contributed by atoms with Crippen molar-refractivity contribution in [3.63, 3.8) is 0 Å². The molecule has 1 rings (SSSR count). The Morgan fingerprint density at radius 1 is 1.33 bits per heavy atom. The number of nitrogens with zero attached hydrogens (tertiary/aromatic N) is 1. The van der Waals surface area contributed by atoms with Gasteiger partial charge in [0.25, 0.3) is 0 Å². The van der Waals surface area contributed by atoms with Crippen molar-refractivity contribution in [2.45, 2.75) is 39.7 Å². The molecule has 0 radical (unpaired) electrons. The second-order valence-corrected chi connectivity index (χ2v) is 5.11. The topological polar surface area (TPSA) is 87.7 Å². The lowest BCUT2D eigenvalue weighted by Gasteiger charge is -2.34. The van der Waals surface area contributed by atoms with E-state index in [1.165, 1.54) is 0 Å². The van der Waals surface area contributed by atoms with Crippen molar-refractivity contribution in [3.05, 3.63) is 0 Å². The highest BCUT2D eigenvalue weighted by atomic mass is 16.5. The van der Waals surface area contributed by atoms with Crippen LogP contribution in [0.3, 0.4) is 0 Å². The van der Waals surface area contributed by atoms with E-state index in [0.717, 1.165) is 19.4 Å². The van der Waals surface area contributed by atoms with Crippen LogP contribution in [0.15, 0.2) is 0 Å². The number of carbonyl (C=O) groups excluding carboxylic acids is 3. The lowest BCUT2D eigenvalue weighted by atomic mass is 9.97. The molecule has 0 aromatic heterocycles. The number of carbonyl (C=O) groups is 3. The van der Waals surface area contributed by atoms with Gasteiger partial charge < -0.3 is 10.1 Å². The summed E-state index contributed by atoms with van der Waals surface area (Å²) >= 11 is 0. The molecular formula is C14H25N3O4. The summed E-state index contributed by atoms with van der Waals surface area (Å²) in [7, 11) is 0. The van der Waals surface area contributed by atoms with E-state index >= 15 is 0 Å². The molecule has 2 N–H and O–H groups in total. The highest BCUT2D eigenvalue weighted by Crippen LogP contribution is 2.19. The number of amides is 3. The summed E-state index contributed by atoms with van der Waals surface area (Å²) in [6.45, 7) is 7.35. The molecular weight excluding hydrogens is 274 g/mol. The number of likely N-dealkylation sites (tertiary alicyclic amines) is 1. The maximum Gasteiger partial charge on any atom is 0.321 e. The van der Waals surface area contributed by atoms with Crippen LogP contribution in [0, 0.1) is 5.92 Å². The Labute approximate surface area is 125 Å². The van der Waals surface area contributed by atoms with E-state index in [0.29, 0.717) is 19.7 Å². The first-order valence-electron chi connectivity index (χ1n) is 7.48. The van der Waals surface area contributed by atoms with Crippen molar-refractivity contribution in [1.29, 1.82) is 0 Å². The Balaban J connectivity index is 2.53. The van der Waals surface area contributed by atoms with Crippen LogP contribution >= 0.6 is 0 Å². The van der Waals surface area contributed by atoms with Gasteiger partial charge in [0.2, 0.25) is 5.91 Å². The molecule has 1 heterocycles. The normalized spacial score (nSPS) is 20.4. The molecule has 1 unspecified atom stereocenters. The quantitative estimate of drug-likeness (QED) is 0.722. The van der Waals surface area contributed by atoms with Crippen molar-refractivity contribution in [2.75, 3.05) is 26.2 Å². The molecule has 21 heavy (non-hydrogen) atoms.